The Hall–Kier alpha value is 0.480. The fraction of sp³-hybridized carbons (Fsp3) is 0.750. The van der Waals surface area contributed by atoms with E-state index in [4.69, 9.17) is 0 Å². The molecule has 0 aromatic carbocycles. The van der Waals surface area contributed by atoms with Gasteiger partial charge in [0.25, 0.3) is 0 Å². The molecule has 0 bridgehead atoms. The lowest BCUT2D eigenvalue weighted by Crippen LogP contribution is -2.33. The molecule has 0 saturated carbocycles. The van der Waals surface area contributed by atoms with Gasteiger partial charge >= 0.3 is 11.3 Å². The standard InChI is InChI=1S/C8H10ClF4I/c1-2-3-4-6(14)5-7(10,11)8(9,12)13/h5H,2-4H2,1H3/b6-5+. The van der Waals surface area contributed by atoms with Gasteiger partial charge in [-0.1, -0.05) is 13.3 Å². The Morgan fingerprint density at radius 2 is 1.86 bits per heavy atom. The molecule has 0 aliphatic rings. The van der Waals surface area contributed by atoms with E-state index in [0.717, 1.165) is 6.42 Å². The van der Waals surface area contributed by atoms with Crippen molar-refractivity contribution in [1.82, 2.24) is 0 Å². The first-order valence-corrected chi connectivity index (χ1v) is 5.48. The first kappa shape index (κ1) is 14.5. The van der Waals surface area contributed by atoms with E-state index in [0.29, 0.717) is 12.8 Å². The van der Waals surface area contributed by atoms with Crippen LogP contribution in [0.2, 0.25) is 0 Å². The highest BCUT2D eigenvalue weighted by Gasteiger charge is 2.53. The lowest BCUT2D eigenvalue weighted by Gasteiger charge is -2.17. The van der Waals surface area contributed by atoms with Crippen molar-refractivity contribution in [3.05, 3.63) is 9.66 Å². The van der Waals surface area contributed by atoms with Crippen molar-refractivity contribution in [3.8, 4) is 0 Å². The predicted molar refractivity (Wildman–Crippen MR) is 57.4 cm³/mol. The van der Waals surface area contributed by atoms with Crippen molar-refractivity contribution in [2.24, 2.45) is 0 Å². The summed E-state index contributed by atoms with van der Waals surface area (Å²) in [6, 6.07) is 0. The van der Waals surface area contributed by atoms with Gasteiger partial charge in [0.2, 0.25) is 0 Å². The van der Waals surface area contributed by atoms with Gasteiger partial charge in [0, 0.05) is 6.08 Å². The third-order valence-corrected chi connectivity index (χ3v) is 2.59. The number of alkyl halides is 5. The van der Waals surface area contributed by atoms with Gasteiger partial charge in [-0.3, -0.25) is 0 Å². The van der Waals surface area contributed by atoms with Gasteiger partial charge < -0.3 is 0 Å². The van der Waals surface area contributed by atoms with Crippen LogP contribution in [-0.4, -0.2) is 11.3 Å². The van der Waals surface area contributed by atoms with E-state index in [1.54, 1.807) is 22.6 Å². The molecule has 0 spiro atoms. The number of hydrogen-bond donors (Lipinski definition) is 0. The third-order valence-electron chi connectivity index (χ3n) is 1.49. The Bertz CT molecular complexity index is 210. The van der Waals surface area contributed by atoms with E-state index in [9.17, 15) is 17.6 Å². The SMILES string of the molecule is CCCC/C(I)=C\C(F)(F)C(F)(F)Cl. The summed E-state index contributed by atoms with van der Waals surface area (Å²) in [6.07, 6.45) is 2.12. The molecule has 0 aromatic rings. The van der Waals surface area contributed by atoms with Crippen molar-refractivity contribution in [1.29, 1.82) is 0 Å². The molecule has 6 heteroatoms. The second-order valence-corrected chi connectivity index (χ2v) is 4.68. The topological polar surface area (TPSA) is 0 Å². The zero-order valence-electron chi connectivity index (χ0n) is 7.47. The van der Waals surface area contributed by atoms with Crippen LogP contribution in [0.25, 0.3) is 0 Å². The van der Waals surface area contributed by atoms with E-state index in [1.165, 1.54) is 0 Å². The molecule has 0 aromatic heterocycles. The molecule has 0 fully saturated rings. The molecule has 0 heterocycles. The first-order valence-electron chi connectivity index (χ1n) is 4.02. The first-order chi connectivity index (χ1) is 6.20. The second kappa shape index (κ2) is 5.53. The predicted octanol–water partition coefficient (Wildman–Crippen LogP) is 4.96. The molecule has 0 aliphatic carbocycles. The lowest BCUT2D eigenvalue weighted by molar-refractivity contribution is -0.122. The largest absolute Gasteiger partial charge is 0.387 e. The zero-order chi connectivity index (χ0) is 11.4. The van der Waals surface area contributed by atoms with Crippen LogP contribution in [0.4, 0.5) is 17.6 Å². The molecule has 0 aliphatic heterocycles. The summed E-state index contributed by atoms with van der Waals surface area (Å²) in [7, 11) is 0. The molecule has 0 atom stereocenters. The van der Waals surface area contributed by atoms with E-state index in [1.807, 2.05) is 6.92 Å². The van der Waals surface area contributed by atoms with Crippen molar-refractivity contribution in [3.63, 3.8) is 0 Å². The van der Waals surface area contributed by atoms with Crippen LogP contribution in [0.3, 0.4) is 0 Å². The number of unbranched alkanes of at least 4 members (excludes halogenated alkanes) is 1. The summed E-state index contributed by atoms with van der Waals surface area (Å²) in [5.41, 5.74) is 0. The molecule has 0 radical (unpaired) electrons. The maximum atomic E-state index is 12.6. The number of halogens is 6. The highest BCUT2D eigenvalue weighted by Crippen LogP contribution is 2.40. The molecule has 0 nitrogen and oxygen atoms in total. The van der Waals surface area contributed by atoms with Crippen LogP contribution < -0.4 is 0 Å². The average Bonchev–Trinajstić information content (AvgIpc) is 1.97. The Balaban J connectivity index is 4.46. The zero-order valence-corrected chi connectivity index (χ0v) is 10.4. The number of rotatable bonds is 5. The molecular formula is C8H10ClF4I. The van der Waals surface area contributed by atoms with Crippen molar-refractivity contribution in [2.45, 2.75) is 37.5 Å². The van der Waals surface area contributed by atoms with Crippen molar-refractivity contribution in [2.75, 3.05) is 0 Å². The summed E-state index contributed by atoms with van der Waals surface area (Å²) in [4.78, 5) is 0. The van der Waals surface area contributed by atoms with Crippen LogP contribution >= 0.6 is 34.2 Å². The van der Waals surface area contributed by atoms with Gasteiger partial charge in [0.1, 0.15) is 0 Å². The average molecular weight is 345 g/mol. The van der Waals surface area contributed by atoms with Gasteiger partial charge in [-0.15, -0.1) is 0 Å². The van der Waals surface area contributed by atoms with Crippen LogP contribution in [0.5, 0.6) is 0 Å². The minimum atomic E-state index is -4.52. The summed E-state index contributed by atoms with van der Waals surface area (Å²) < 4.78 is 49.8. The maximum absolute atomic E-state index is 12.6. The molecule has 0 saturated heterocycles. The molecule has 0 N–H and O–H groups in total. The molecule has 0 amide bonds. The van der Waals surface area contributed by atoms with E-state index in [-0.39, 0.29) is 9.66 Å². The van der Waals surface area contributed by atoms with Crippen molar-refractivity contribution >= 4 is 34.2 Å². The molecule has 0 unspecified atom stereocenters. The van der Waals surface area contributed by atoms with E-state index < -0.39 is 11.3 Å². The molecular weight excluding hydrogens is 334 g/mol. The van der Waals surface area contributed by atoms with Gasteiger partial charge in [0.15, 0.2) is 0 Å². The second-order valence-electron chi connectivity index (χ2n) is 2.82. The molecule has 0 rings (SSSR count). The van der Waals surface area contributed by atoms with Gasteiger partial charge in [0.05, 0.1) is 0 Å². The van der Waals surface area contributed by atoms with E-state index >= 15 is 0 Å². The van der Waals surface area contributed by atoms with Crippen LogP contribution in [0.15, 0.2) is 9.66 Å². The normalized spacial score (nSPS) is 14.6. The minimum absolute atomic E-state index is 0.203. The highest BCUT2D eigenvalue weighted by atomic mass is 127. The van der Waals surface area contributed by atoms with Gasteiger partial charge in [-0.25, -0.2) is 0 Å². The van der Waals surface area contributed by atoms with Crippen LogP contribution in [0.1, 0.15) is 26.2 Å². The van der Waals surface area contributed by atoms with Gasteiger partial charge in [-0.05, 0) is 50.6 Å². The monoisotopic (exact) mass is 344 g/mol. The summed E-state index contributed by atoms with van der Waals surface area (Å²) in [5.74, 6) is -4.28. The minimum Gasteiger partial charge on any atom is -0.193 e. The van der Waals surface area contributed by atoms with Crippen molar-refractivity contribution < 1.29 is 17.6 Å². The Morgan fingerprint density at radius 1 is 1.36 bits per heavy atom. The Kier molecular flexibility index (Phi) is 5.72. The Labute approximate surface area is 98.8 Å². The van der Waals surface area contributed by atoms with Crippen LogP contribution in [-0.2, 0) is 0 Å². The fourth-order valence-electron chi connectivity index (χ4n) is 0.696. The quantitative estimate of drug-likeness (QED) is 0.375. The van der Waals surface area contributed by atoms with Gasteiger partial charge in [-0.2, -0.15) is 17.6 Å². The molecule has 14 heavy (non-hydrogen) atoms. The number of allylic oxidation sites excluding steroid dienone is 2. The smallest absolute Gasteiger partial charge is 0.193 e. The fourth-order valence-corrected chi connectivity index (χ4v) is 1.52. The van der Waals surface area contributed by atoms with Crippen LogP contribution in [0, 0.1) is 0 Å². The number of hydrogen-bond acceptors (Lipinski definition) is 0. The third kappa shape index (κ3) is 4.82. The summed E-state index contributed by atoms with van der Waals surface area (Å²) in [6.45, 7) is 1.89. The Morgan fingerprint density at radius 3 is 2.21 bits per heavy atom. The van der Waals surface area contributed by atoms with E-state index in [2.05, 4.69) is 11.6 Å². The summed E-state index contributed by atoms with van der Waals surface area (Å²) >= 11 is 5.89. The summed E-state index contributed by atoms with van der Waals surface area (Å²) in [5, 5.41) is -4.52. The lowest BCUT2D eigenvalue weighted by atomic mass is 10.2. The maximum Gasteiger partial charge on any atom is 0.387 e. The highest BCUT2D eigenvalue weighted by molar-refractivity contribution is 14.1. The molecule has 84 valence electrons.